The van der Waals surface area contributed by atoms with Crippen LogP contribution in [0.1, 0.15) is 23.6 Å². The second kappa shape index (κ2) is 8.36. The number of ether oxygens (including phenoxy) is 3. The minimum Gasteiger partial charge on any atom is -0.458 e. The summed E-state index contributed by atoms with van der Waals surface area (Å²) in [4.78, 5) is 24.1. The van der Waals surface area contributed by atoms with Crippen molar-refractivity contribution in [2.45, 2.75) is 26.7 Å². The summed E-state index contributed by atoms with van der Waals surface area (Å²) in [6.45, 7) is 3.79. The van der Waals surface area contributed by atoms with Crippen molar-refractivity contribution < 1.29 is 23.8 Å². The van der Waals surface area contributed by atoms with Crippen molar-refractivity contribution in [3.05, 3.63) is 89.2 Å². The maximum Gasteiger partial charge on any atom is 0.342 e. The maximum absolute atomic E-state index is 12.6. The molecule has 0 aromatic heterocycles. The second-order valence-corrected chi connectivity index (χ2v) is 6.22. The Balaban J connectivity index is 1.73. The number of rotatable bonds is 6. The number of benzene rings is 2. The highest BCUT2D eigenvalue weighted by molar-refractivity contribution is 6.16. The first-order valence-electron chi connectivity index (χ1n) is 8.56. The highest BCUT2D eigenvalue weighted by Crippen LogP contribution is 2.20. The van der Waals surface area contributed by atoms with Gasteiger partial charge in [-0.15, -0.1) is 0 Å². The quantitative estimate of drug-likeness (QED) is 0.442. The Labute approximate surface area is 157 Å². The minimum atomic E-state index is -0.846. The summed E-state index contributed by atoms with van der Waals surface area (Å²) >= 11 is 0. The van der Waals surface area contributed by atoms with E-state index in [4.69, 9.17) is 14.2 Å². The van der Waals surface area contributed by atoms with E-state index in [1.165, 1.54) is 6.26 Å². The van der Waals surface area contributed by atoms with E-state index in [1.807, 2.05) is 49.4 Å². The van der Waals surface area contributed by atoms with Crippen LogP contribution in [0.2, 0.25) is 0 Å². The summed E-state index contributed by atoms with van der Waals surface area (Å²) in [5.74, 6) is -0.955. The first kappa shape index (κ1) is 18.5. The van der Waals surface area contributed by atoms with Gasteiger partial charge in [0.2, 0.25) is 0 Å². The number of hydrogen-bond acceptors (Lipinski definition) is 5. The summed E-state index contributed by atoms with van der Waals surface area (Å²) in [7, 11) is 0. The van der Waals surface area contributed by atoms with Crippen LogP contribution >= 0.6 is 0 Å². The molecule has 0 fully saturated rings. The van der Waals surface area contributed by atoms with Crippen molar-refractivity contribution in [2.24, 2.45) is 0 Å². The van der Waals surface area contributed by atoms with E-state index in [1.54, 1.807) is 25.1 Å². The van der Waals surface area contributed by atoms with E-state index in [9.17, 15) is 9.59 Å². The molecule has 1 unspecified atom stereocenters. The Kier molecular flexibility index (Phi) is 5.71. The maximum atomic E-state index is 12.6. The first-order valence-corrected chi connectivity index (χ1v) is 8.56. The summed E-state index contributed by atoms with van der Waals surface area (Å²) in [6.07, 6.45) is 1.99. The normalized spacial score (nSPS) is 16.5. The predicted octanol–water partition coefficient (Wildman–Crippen LogP) is 3.93. The van der Waals surface area contributed by atoms with Crippen LogP contribution in [0.5, 0.6) is 0 Å². The van der Waals surface area contributed by atoms with Gasteiger partial charge in [0, 0.05) is 11.6 Å². The Morgan fingerprint density at radius 3 is 2.41 bits per heavy atom. The monoisotopic (exact) mass is 364 g/mol. The lowest BCUT2D eigenvalue weighted by molar-refractivity contribution is -0.152. The van der Waals surface area contributed by atoms with E-state index in [0.29, 0.717) is 11.1 Å². The van der Waals surface area contributed by atoms with Crippen molar-refractivity contribution in [2.75, 3.05) is 0 Å². The second-order valence-electron chi connectivity index (χ2n) is 6.22. The van der Waals surface area contributed by atoms with Crippen molar-refractivity contribution in [3.63, 3.8) is 0 Å². The SMILES string of the molecule is CC1=CC(O/C=C(/C(=O)OCc2ccc(C)cc2)c2ccccc2)OC1=O. The number of aryl methyl sites for hydroxylation is 1. The van der Waals surface area contributed by atoms with Gasteiger partial charge in [0.1, 0.15) is 18.4 Å². The minimum absolute atomic E-state index is 0.153. The Morgan fingerprint density at radius 2 is 1.78 bits per heavy atom. The number of carbonyl (C=O) groups excluding carboxylic acids is 2. The van der Waals surface area contributed by atoms with Crippen LogP contribution < -0.4 is 0 Å². The number of carbonyl (C=O) groups is 2. The first-order chi connectivity index (χ1) is 13.0. The smallest absolute Gasteiger partial charge is 0.342 e. The molecule has 1 aliphatic heterocycles. The molecular weight excluding hydrogens is 344 g/mol. The highest BCUT2D eigenvalue weighted by atomic mass is 16.7. The molecule has 5 heteroatoms. The van der Waals surface area contributed by atoms with Gasteiger partial charge in [0.15, 0.2) is 0 Å². The van der Waals surface area contributed by atoms with E-state index >= 15 is 0 Å². The fourth-order valence-electron chi connectivity index (χ4n) is 2.47. The molecule has 5 nitrogen and oxygen atoms in total. The zero-order chi connectivity index (χ0) is 19.2. The molecule has 0 spiro atoms. The molecule has 1 heterocycles. The standard InChI is InChI=1S/C22H20O5/c1-15-8-10-17(11-9-15)13-26-22(24)19(18-6-4-3-5-7-18)14-25-20-12-16(2)21(23)27-20/h3-12,14,20H,13H2,1-2H3/b19-14+. The van der Waals surface area contributed by atoms with Crippen molar-refractivity contribution in [3.8, 4) is 0 Å². The molecule has 1 aliphatic rings. The summed E-state index contributed by atoms with van der Waals surface area (Å²) in [5.41, 5.74) is 3.40. The van der Waals surface area contributed by atoms with E-state index in [0.717, 1.165) is 11.1 Å². The van der Waals surface area contributed by atoms with Crippen LogP contribution in [0.25, 0.3) is 5.57 Å². The van der Waals surface area contributed by atoms with Crippen LogP contribution in [0.4, 0.5) is 0 Å². The third-order valence-electron chi connectivity index (χ3n) is 4.05. The third kappa shape index (κ3) is 4.85. The molecule has 138 valence electrons. The number of hydrogen-bond donors (Lipinski definition) is 0. The van der Waals surface area contributed by atoms with Crippen LogP contribution in [0.15, 0.2) is 72.5 Å². The molecule has 0 saturated heterocycles. The zero-order valence-electron chi connectivity index (χ0n) is 15.2. The van der Waals surface area contributed by atoms with Crippen LogP contribution in [0.3, 0.4) is 0 Å². The molecule has 0 radical (unpaired) electrons. The van der Waals surface area contributed by atoms with Gasteiger partial charge in [-0.2, -0.15) is 0 Å². The number of cyclic esters (lactones) is 1. The highest BCUT2D eigenvalue weighted by Gasteiger charge is 2.23. The molecule has 27 heavy (non-hydrogen) atoms. The Hall–Kier alpha value is -3.34. The van der Waals surface area contributed by atoms with Gasteiger partial charge in [-0.05, 0) is 25.0 Å². The van der Waals surface area contributed by atoms with Gasteiger partial charge in [-0.3, -0.25) is 0 Å². The van der Waals surface area contributed by atoms with E-state index < -0.39 is 18.2 Å². The molecule has 1 atom stereocenters. The van der Waals surface area contributed by atoms with Crippen molar-refractivity contribution in [1.82, 2.24) is 0 Å². The molecule has 0 bridgehead atoms. The lowest BCUT2D eigenvalue weighted by Gasteiger charge is -2.12. The van der Waals surface area contributed by atoms with Gasteiger partial charge < -0.3 is 14.2 Å². The Morgan fingerprint density at radius 1 is 1.07 bits per heavy atom. The van der Waals surface area contributed by atoms with Crippen LogP contribution in [0, 0.1) is 6.92 Å². The Bertz CT molecular complexity index is 879. The lowest BCUT2D eigenvalue weighted by atomic mass is 10.1. The summed E-state index contributed by atoms with van der Waals surface area (Å²) in [6, 6.07) is 16.8. The van der Waals surface area contributed by atoms with Crippen molar-refractivity contribution in [1.29, 1.82) is 0 Å². The molecule has 0 N–H and O–H groups in total. The summed E-state index contributed by atoms with van der Waals surface area (Å²) < 4.78 is 15.9. The molecule has 0 amide bonds. The van der Waals surface area contributed by atoms with Gasteiger partial charge in [-0.1, -0.05) is 60.2 Å². The van der Waals surface area contributed by atoms with E-state index in [-0.39, 0.29) is 12.2 Å². The van der Waals surface area contributed by atoms with E-state index in [2.05, 4.69) is 0 Å². The van der Waals surface area contributed by atoms with Crippen LogP contribution in [-0.2, 0) is 30.4 Å². The third-order valence-corrected chi connectivity index (χ3v) is 4.05. The average Bonchev–Trinajstić information content (AvgIpc) is 3.00. The topological polar surface area (TPSA) is 61.8 Å². The average molecular weight is 364 g/mol. The number of esters is 2. The van der Waals surface area contributed by atoms with Crippen LogP contribution in [-0.4, -0.2) is 18.2 Å². The lowest BCUT2D eigenvalue weighted by Crippen LogP contribution is -2.12. The molecule has 3 rings (SSSR count). The molecular formula is C22H20O5. The fraction of sp³-hybridized carbons (Fsp3) is 0.182. The predicted molar refractivity (Wildman–Crippen MR) is 100 cm³/mol. The van der Waals surface area contributed by atoms with Gasteiger partial charge in [-0.25, -0.2) is 9.59 Å². The molecule has 2 aromatic rings. The van der Waals surface area contributed by atoms with Gasteiger partial charge in [0.05, 0.1) is 0 Å². The van der Waals surface area contributed by atoms with Crippen molar-refractivity contribution >= 4 is 17.5 Å². The van der Waals surface area contributed by atoms with Gasteiger partial charge in [0.25, 0.3) is 6.29 Å². The largest absolute Gasteiger partial charge is 0.458 e. The molecule has 0 aliphatic carbocycles. The fourth-order valence-corrected chi connectivity index (χ4v) is 2.47. The summed E-state index contributed by atoms with van der Waals surface area (Å²) in [5, 5.41) is 0. The molecule has 2 aromatic carbocycles. The van der Waals surface area contributed by atoms with Gasteiger partial charge >= 0.3 is 11.9 Å². The molecule has 0 saturated carbocycles. The zero-order valence-corrected chi connectivity index (χ0v) is 15.2.